The van der Waals surface area contributed by atoms with Crippen LogP contribution in [0.1, 0.15) is 46.2 Å². The number of fused-ring (bicyclic) bond motifs is 1. The van der Waals surface area contributed by atoms with Gasteiger partial charge in [0.05, 0.1) is 5.57 Å². The van der Waals surface area contributed by atoms with Crippen molar-refractivity contribution in [2.75, 3.05) is 0 Å². The van der Waals surface area contributed by atoms with E-state index in [9.17, 15) is 9.59 Å². The highest BCUT2D eigenvalue weighted by molar-refractivity contribution is 6.41. The molecule has 3 heteroatoms. The molecule has 1 aliphatic carbocycles. The van der Waals surface area contributed by atoms with E-state index in [0.717, 1.165) is 5.56 Å². The van der Waals surface area contributed by atoms with Gasteiger partial charge in [-0.1, -0.05) is 24.3 Å². The van der Waals surface area contributed by atoms with Crippen LogP contribution in [0.5, 0.6) is 0 Å². The number of aromatic nitrogens is 1. The van der Waals surface area contributed by atoms with Gasteiger partial charge in [0, 0.05) is 29.6 Å². The van der Waals surface area contributed by atoms with Gasteiger partial charge in [-0.3, -0.25) is 9.59 Å². The molecule has 0 radical (unpaired) electrons. The Morgan fingerprint density at radius 1 is 1.00 bits per heavy atom. The highest BCUT2D eigenvalue weighted by atomic mass is 16.2. The summed E-state index contributed by atoms with van der Waals surface area (Å²) in [5.41, 5.74) is 2.15. The number of carbonyl (C=O) groups excluding carboxylic acids is 2. The lowest BCUT2D eigenvalue weighted by Gasteiger charge is -2.04. The van der Waals surface area contributed by atoms with E-state index in [4.69, 9.17) is 0 Å². The summed E-state index contributed by atoms with van der Waals surface area (Å²) in [7, 11) is 0. The summed E-state index contributed by atoms with van der Waals surface area (Å²) in [5, 5.41) is 0. The summed E-state index contributed by atoms with van der Waals surface area (Å²) >= 11 is 0. The summed E-state index contributed by atoms with van der Waals surface area (Å²) in [6.45, 7) is 4.16. The number of allylic oxidation sites excluding steroid dienone is 1. The summed E-state index contributed by atoms with van der Waals surface area (Å²) in [6, 6.07) is 9.24. The average Bonchev–Trinajstić information content (AvgIpc) is 3.00. The molecule has 0 N–H and O–H groups in total. The number of benzene rings is 1. The summed E-state index contributed by atoms with van der Waals surface area (Å²) in [5.74, 6) is -0.356. The first-order valence-corrected chi connectivity index (χ1v) is 6.65. The van der Waals surface area contributed by atoms with Gasteiger partial charge in [0.2, 0.25) is 0 Å². The van der Waals surface area contributed by atoms with Crippen molar-refractivity contribution in [1.82, 2.24) is 4.57 Å². The Kier molecular flexibility index (Phi) is 2.90. The topological polar surface area (TPSA) is 39.1 Å². The molecule has 0 fully saturated rings. The number of carbonyl (C=O) groups is 2. The van der Waals surface area contributed by atoms with Crippen molar-refractivity contribution < 1.29 is 9.59 Å². The maximum Gasteiger partial charge on any atom is 0.197 e. The molecule has 1 aliphatic rings. The molecular formula is C17H15NO2. The van der Waals surface area contributed by atoms with Crippen molar-refractivity contribution >= 4 is 17.6 Å². The second-order valence-electron chi connectivity index (χ2n) is 5.25. The minimum Gasteiger partial charge on any atom is -0.351 e. The highest BCUT2D eigenvalue weighted by Gasteiger charge is 2.32. The van der Waals surface area contributed by atoms with E-state index in [2.05, 4.69) is 13.8 Å². The van der Waals surface area contributed by atoms with Crippen molar-refractivity contribution in [3.8, 4) is 0 Å². The predicted octanol–water partition coefficient (Wildman–Crippen LogP) is 3.53. The second-order valence-corrected chi connectivity index (χ2v) is 5.25. The van der Waals surface area contributed by atoms with Crippen LogP contribution >= 0.6 is 0 Å². The quantitative estimate of drug-likeness (QED) is 0.615. The molecule has 0 spiro atoms. The van der Waals surface area contributed by atoms with Gasteiger partial charge in [-0.15, -0.1) is 0 Å². The van der Waals surface area contributed by atoms with Crippen molar-refractivity contribution in [3.63, 3.8) is 0 Å². The Bertz CT molecular complexity index is 698. The van der Waals surface area contributed by atoms with E-state index in [1.807, 2.05) is 23.0 Å². The molecule has 20 heavy (non-hydrogen) atoms. The third kappa shape index (κ3) is 1.92. The minimum atomic E-state index is -0.178. The van der Waals surface area contributed by atoms with E-state index in [-0.39, 0.29) is 17.1 Å². The fraction of sp³-hybridized carbons (Fsp3) is 0.176. The molecule has 100 valence electrons. The molecular weight excluding hydrogens is 250 g/mol. The van der Waals surface area contributed by atoms with Crippen LogP contribution in [0.3, 0.4) is 0 Å². The summed E-state index contributed by atoms with van der Waals surface area (Å²) < 4.78 is 2.05. The first-order chi connectivity index (χ1) is 9.58. The number of Topliss-reactive ketones (excluding diaryl/α,β-unsaturated/α-hetero) is 2. The first kappa shape index (κ1) is 12.6. The number of rotatable bonds is 2. The normalized spacial score (nSPS) is 14.1. The molecule has 0 saturated heterocycles. The van der Waals surface area contributed by atoms with Crippen LogP contribution in [0.4, 0.5) is 0 Å². The van der Waals surface area contributed by atoms with Gasteiger partial charge < -0.3 is 4.57 Å². The Labute approximate surface area is 117 Å². The van der Waals surface area contributed by atoms with E-state index in [1.54, 1.807) is 30.3 Å². The third-order valence-electron chi connectivity index (χ3n) is 3.55. The predicted molar refractivity (Wildman–Crippen MR) is 77.9 cm³/mol. The Morgan fingerprint density at radius 2 is 1.60 bits per heavy atom. The van der Waals surface area contributed by atoms with Crippen LogP contribution in [-0.2, 0) is 0 Å². The maximum absolute atomic E-state index is 12.3. The fourth-order valence-electron chi connectivity index (χ4n) is 2.41. The van der Waals surface area contributed by atoms with Gasteiger partial charge in [0.25, 0.3) is 0 Å². The SMILES string of the molecule is CC(C)n1ccc(C=C2C(=O)c3ccccc3C2=O)c1. The van der Waals surface area contributed by atoms with Crippen LogP contribution in [-0.4, -0.2) is 16.1 Å². The van der Waals surface area contributed by atoms with Crippen LogP contribution in [0.2, 0.25) is 0 Å². The van der Waals surface area contributed by atoms with E-state index >= 15 is 0 Å². The molecule has 0 amide bonds. The summed E-state index contributed by atoms with van der Waals surface area (Å²) in [4.78, 5) is 24.5. The lowest BCUT2D eigenvalue weighted by atomic mass is 10.1. The zero-order valence-electron chi connectivity index (χ0n) is 11.5. The molecule has 1 aromatic carbocycles. The van der Waals surface area contributed by atoms with Gasteiger partial charge in [-0.05, 0) is 31.6 Å². The van der Waals surface area contributed by atoms with Gasteiger partial charge >= 0.3 is 0 Å². The van der Waals surface area contributed by atoms with E-state index in [1.165, 1.54) is 0 Å². The Hall–Kier alpha value is -2.42. The van der Waals surface area contributed by atoms with E-state index in [0.29, 0.717) is 17.2 Å². The van der Waals surface area contributed by atoms with Gasteiger partial charge in [-0.2, -0.15) is 0 Å². The Balaban J connectivity index is 2.01. The molecule has 3 nitrogen and oxygen atoms in total. The van der Waals surface area contributed by atoms with Crippen molar-refractivity contribution in [2.45, 2.75) is 19.9 Å². The van der Waals surface area contributed by atoms with Crippen LogP contribution in [0.15, 0.2) is 48.3 Å². The molecule has 1 heterocycles. The average molecular weight is 265 g/mol. The first-order valence-electron chi connectivity index (χ1n) is 6.65. The zero-order chi connectivity index (χ0) is 14.3. The zero-order valence-corrected chi connectivity index (χ0v) is 11.5. The standard InChI is InChI=1S/C17H15NO2/c1-11(2)18-8-7-12(10-18)9-15-16(19)13-5-3-4-6-14(13)17(15)20/h3-11H,1-2H3. The van der Waals surface area contributed by atoms with Crippen molar-refractivity contribution in [1.29, 1.82) is 0 Å². The number of hydrogen-bond acceptors (Lipinski definition) is 2. The number of ketones is 2. The van der Waals surface area contributed by atoms with Crippen molar-refractivity contribution in [2.24, 2.45) is 0 Å². The molecule has 0 atom stereocenters. The minimum absolute atomic E-state index is 0.178. The summed E-state index contributed by atoms with van der Waals surface area (Å²) in [6.07, 6.45) is 5.58. The molecule has 3 rings (SSSR count). The molecule has 0 aliphatic heterocycles. The maximum atomic E-state index is 12.3. The smallest absolute Gasteiger partial charge is 0.197 e. The second kappa shape index (κ2) is 4.60. The van der Waals surface area contributed by atoms with Crippen LogP contribution in [0, 0.1) is 0 Å². The lowest BCUT2D eigenvalue weighted by molar-refractivity contribution is 0.0990. The number of nitrogens with zero attached hydrogens (tertiary/aromatic N) is 1. The largest absolute Gasteiger partial charge is 0.351 e. The number of hydrogen-bond donors (Lipinski definition) is 0. The van der Waals surface area contributed by atoms with Crippen LogP contribution < -0.4 is 0 Å². The molecule has 0 unspecified atom stereocenters. The van der Waals surface area contributed by atoms with Crippen molar-refractivity contribution in [3.05, 3.63) is 65.0 Å². The van der Waals surface area contributed by atoms with Crippen LogP contribution in [0.25, 0.3) is 6.08 Å². The fourth-order valence-corrected chi connectivity index (χ4v) is 2.41. The van der Waals surface area contributed by atoms with Gasteiger partial charge in [0.15, 0.2) is 11.6 Å². The molecule has 1 aromatic heterocycles. The third-order valence-corrected chi connectivity index (χ3v) is 3.55. The lowest BCUT2D eigenvalue weighted by Crippen LogP contribution is -2.00. The Morgan fingerprint density at radius 3 is 2.10 bits per heavy atom. The van der Waals surface area contributed by atoms with E-state index < -0.39 is 0 Å². The highest BCUT2D eigenvalue weighted by Crippen LogP contribution is 2.27. The molecule has 2 aromatic rings. The monoisotopic (exact) mass is 265 g/mol. The molecule has 0 saturated carbocycles. The van der Waals surface area contributed by atoms with Gasteiger partial charge in [0.1, 0.15) is 0 Å². The van der Waals surface area contributed by atoms with Gasteiger partial charge in [-0.25, -0.2) is 0 Å². The molecule has 0 bridgehead atoms.